The number of amides is 1. The van der Waals surface area contributed by atoms with Gasteiger partial charge in [-0.2, -0.15) is 10.2 Å². The number of benzene rings is 2. The second kappa shape index (κ2) is 14.1. The van der Waals surface area contributed by atoms with Crippen LogP contribution in [0, 0.1) is 11.8 Å². The Hall–Kier alpha value is -6.06. The number of primary amides is 1. The van der Waals surface area contributed by atoms with Gasteiger partial charge < -0.3 is 17.2 Å². The van der Waals surface area contributed by atoms with E-state index in [1.54, 1.807) is 31.8 Å². The van der Waals surface area contributed by atoms with Gasteiger partial charge in [-0.25, -0.2) is 9.67 Å². The number of carbonyl (C=O) groups is 2. The zero-order valence-corrected chi connectivity index (χ0v) is 26.1. The molecule has 0 saturated carbocycles. The number of ketones is 1. The van der Waals surface area contributed by atoms with Gasteiger partial charge in [-0.1, -0.05) is 61.8 Å². The highest BCUT2D eigenvalue weighted by Gasteiger charge is 2.20. The number of nitrogens with two attached hydrogens (primary N) is 3. The van der Waals surface area contributed by atoms with E-state index in [0.717, 1.165) is 16.8 Å². The maximum Gasteiger partial charge on any atom is 0.264 e. The number of fused-ring (bicyclic) bond motifs is 1. The highest BCUT2D eigenvalue weighted by Crippen LogP contribution is 2.23. The van der Waals surface area contributed by atoms with Crippen LogP contribution < -0.4 is 22.8 Å². The van der Waals surface area contributed by atoms with Crippen molar-refractivity contribution in [3.8, 4) is 17.5 Å². The number of nitrogens with zero attached hydrogens (tertiary/aromatic N) is 6. The lowest BCUT2D eigenvalue weighted by molar-refractivity contribution is 0.0957. The number of hydrogen-bond donors (Lipinski definition) is 3. The molecule has 5 rings (SSSR count). The molecule has 0 aliphatic carbocycles. The second-order valence-corrected chi connectivity index (χ2v) is 10.3. The van der Waals surface area contributed by atoms with Gasteiger partial charge in [-0.05, 0) is 43.0 Å². The fraction of sp³-hybridized carbons (Fsp3) is 0.176. The van der Waals surface area contributed by atoms with E-state index in [2.05, 4.69) is 33.6 Å². The van der Waals surface area contributed by atoms with E-state index >= 15 is 0 Å². The molecule has 0 aliphatic heterocycles. The molecule has 3 heterocycles. The normalized spacial score (nSPS) is 11.4. The SMILES string of the molecule is C=C/C=N\c1c(C(N)=O)c(N)nn1C.CCc1cc2cccc(C#Cc3cnn(C)c3C(=O)C(C)N)c2c(=O)n1-c1ccccc1. The van der Waals surface area contributed by atoms with Crippen LogP contribution in [0.4, 0.5) is 11.6 Å². The lowest BCUT2D eigenvalue weighted by atomic mass is 10.0. The summed E-state index contributed by atoms with van der Waals surface area (Å²) < 4.78 is 4.60. The van der Waals surface area contributed by atoms with Crippen LogP contribution >= 0.6 is 0 Å². The molecule has 0 fully saturated rings. The molecule has 1 unspecified atom stereocenters. The van der Waals surface area contributed by atoms with Crippen molar-refractivity contribution in [3.05, 3.63) is 112 Å². The second-order valence-electron chi connectivity index (χ2n) is 10.3. The number of rotatable bonds is 7. The van der Waals surface area contributed by atoms with Gasteiger partial charge in [0.15, 0.2) is 17.4 Å². The van der Waals surface area contributed by atoms with Crippen LogP contribution in [-0.2, 0) is 20.5 Å². The molecule has 2 aromatic carbocycles. The number of anilines is 1. The standard InChI is InChI=1S/C26H24N4O2.C8H11N5O/c1-4-21-15-19-10-8-9-18(23(19)26(32)30(21)22-11-6-5-7-12-22)13-14-20-16-28-29(3)24(20)25(31)17(2)27;1-3-4-11-8-5(7(10)14)6(9)12-13(8)2/h5-12,15-17H,4,27H2,1-3H3;3-4H,1H2,2H3,(H2,9,12)(H2,10,14)/b;11-4-. The predicted octanol–water partition coefficient (Wildman–Crippen LogP) is 3.21. The summed E-state index contributed by atoms with van der Waals surface area (Å²) in [7, 11) is 3.31. The molecule has 234 valence electrons. The maximum atomic E-state index is 13.6. The molecule has 3 aromatic heterocycles. The zero-order chi connectivity index (χ0) is 33.5. The first-order chi connectivity index (χ1) is 22.0. The van der Waals surface area contributed by atoms with Crippen LogP contribution in [-0.4, -0.2) is 48.1 Å². The Morgan fingerprint density at radius 2 is 1.76 bits per heavy atom. The summed E-state index contributed by atoms with van der Waals surface area (Å²) in [6.07, 6.45) is 5.18. The molecule has 0 bridgehead atoms. The summed E-state index contributed by atoms with van der Waals surface area (Å²) >= 11 is 0. The Bertz CT molecular complexity index is 2090. The molecule has 1 atom stereocenters. The molecule has 12 heteroatoms. The summed E-state index contributed by atoms with van der Waals surface area (Å²) in [6, 6.07) is 16.6. The first-order valence-electron chi connectivity index (χ1n) is 14.3. The van der Waals surface area contributed by atoms with E-state index < -0.39 is 11.9 Å². The number of carbonyl (C=O) groups excluding carboxylic acids is 2. The van der Waals surface area contributed by atoms with Crippen LogP contribution in [0.25, 0.3) is 16.5 Å². The topological polar surface area (TPSA) is 182 Å². The van der Waals surface area contributed by atoms with Gasteiger partial charge in [0, 0.05) is 37.3 Å². The number of aromatic nitrogens is 5. The van der Waals surface area contributed by atoms with E-state index in [9.17, 15) is 14.4 Å². The van der Waals surface area contributed by atoms with E-state index in [-0.39, 0.29) is 22.7 Å². The van der Waals surface area contributed by atoms with Crippen LogP contribution in [0.3, 0.4) is 0 Å². The number of pyridine rings is 1. The van der Waals surface area contributed by atoms with Crippen molar-refractivity contribution in [2.24, 2.45) is 30.6 Å². The number of allylic oxidation sites excluding steroid dienone is 1. The molecule has 12 nitrogen and oxygen atoms in total. The fourth-order valence-corrected chi connectivity index (χ4v) is 4.85. The minimum atomic E-state index is -0.658. The highest BCUT2D eigenvalue weighted by atomic mass is 16.1. The largest absolute Gasteiger partial charge is 0.381 e. The molecule has 0 radical (unpaired) electrons. The minimum absolute atomic E-state index is 0.0798. The quantitative estimate of drug-likeness (QED) is 0.142. The first kappa shape index (κ1) is 32.8. The Morgan fingerprint density at radius 3 is 2.39 bits per heavy atom. The van der Waals surface area contributed by atoms with Gasteiger partial charge in [0.25, 0.3) is 11.5 Å². The van der Waals surface area contributed by atoms with E-state index in [1.807, 2.05) is 61.5 Å². The van der Waals surface area contributed by atoms with Gasteiger partial charge in [-0.15, -0.1) is 0 Å². The Kier molecular flexibility index (Phi) is 10.1. The number of aliphatic imine (C=N–C) groups is 1. The Morgan fingerprint density at radius 1 is 1.07 bits per heavy atom. The lowest BCUT2D eigenvalue weighted by Crippen LogP contribution is -2.29. The minimum Gasteiger partial charge on any atom is -0.381 e. The third-order valence-electron chi connectivity index (χ3n) is 7.01. The van der Waals surface area contributed by atoms with Crippen LogP contribution in [0.2, 0.25) is 0 Å². The molecule has 0 saturated heterocycles. The number of para-hydroxylation sites is 1. The fourth-order valence-electron chi connectivity index (χ4n) is 4.85. The maximum absolute atomic E-state index is 13.6. The van der Waals surface area contributed by atoms with Gasteiger partial charge in [0.1, 0.15) is 11.3 Å². The molecule has 46 heavy (non-hydrogen) atoms. The van der Waals surface area contributed by atoms with Gasteiger partial charge in [0.2, 0.25) is 0 Å². The summed E-state index contributed by atoms with van der Waals surface area (Å²) in [6.45, 7) is 7.12. The number of aryl methyl sites for hydroxylation is 3. The van der Waals surface area contributed by atoms with Crippen molar-refractivity contribution >= 4 is 40.3 Å². The average molecular weight is 618 g/mol. The number of nitrogen functional groups attached to an aromatic ring is 1. The third kappa shape index (κ3) is 6.69. The van der Waals surface area contributed by atoms with Gasteiger partial charge in [0.05, 0.1) is 23.2 Å². The molecule has 0 aliphatic rings. The lowest BCUT2D eigenvalue weighted by Gasteiger charge is -2.14. The van der Waals surface area contributed by atoms with E-state index in [0.29, 0.717) is 34.4 Å². The monoisotopic (exact) mass is 617 g/mol. The molecule has 1 amide bonds. The Balaban J connectivity index is 0.000000288. The van der Waals surface area contributed by atoms with E-state index in [4.69, 9.17) is 17.2 Å². The van der Waals surface area contributed by atoms with Crippen LogP contribution in [0.15, 0.2) is 83.2 Å². The molecular weight excluding hydrogens is 582 g/mol. The molecular formula is C34H35N9O3. The smallest absolute Gasteiger partial charge is 0.264 e. The van der Waals surface area contributed by atoms with Crippen molar-refractivity contribution in [3.63, 3.8) is 0 Å². The van der Waals surface area contributed by atoms with Crippen molar-refractivity contribution in [2.75, 3.05) is 5.73 Å². The van der Waals surface area contributed by atoms with Gasteiger partial charge in [-0.3, -0.25) is 23.6 Å². The molecule has 5 aromatic rings. The van der Waals surface area contributed by atoms with E-state index in [1.165, 1.54) is 21.7 Å². The Labute approximate surface area is 265 Å². The summed E-state index contributed by atoms with van der Waals surface area (Å²) in [5.41, 5.74) is 19.6. The van der Waals surface area contributed by atoms with Crippen molar-refractivity contribution in [2.45, 2.75) is 26.3 Å². The van der Waals surface area contributed by atoms with Crippen molar-refractivity contribution < 1.29 is 9.59 Å². The van der Waals surface area contributed by atoms with Crippen molar-refractivity contribution in [1.29, 1.82) is 0 Å². The molecule has 6 N–H and O–H groups in total. The summed E-state index contributed by atoms with van der Waals surface area (Å²) in [5, 5.41) is 9.37. The number of Topliss-reactive ketones (excluding diaryl/α,β-unsaturated/α-hetero) is 1. The molecule has 0 spiro atoms. The number of hydrogen-bond acceptors (Lipinski definition) is 8. The summed E-state index contributed by atoms with van der Waals surface area (Å²) in [5.74, 6) is 5.67. The zero-order valence-electron chi connectivity index (χ0n) is 26.1. The van der Waals surface area contributed by atoms with Crippen molar-refractivity contribution in [1.82, 2.24) is 24.1 Å². The van der Waals surface area contributed by atoms with Crippen LogP contribution in [0.5, 0.6) is 0 Å². The third-order valence-corrected chi connectivity index (χ3v) is 7.01. The van der Waals surface area contributed by atoms with Crippen LogP contribution in [0.1, 0.15) is 51.5 Å². The highest BCUT2D eigenvalue weighted by molar-refractivity contribution is 6.02. The first-order valence-corrected chi connectivity index (χ1v) is 14.3. The average Bonchev–Trinajstić information content (AvgIpc) is 3.55. The summed E-state index contributed by atoms with van der Waals surface area (Å²) in [4.78, 5) is 41.1. The van der Waals surface area contributed by atoms with Gasteiger partial charge >= 0.3 is 0 Å². The predicted molar refractivity (Wildman–Crippen MR) is 181 cm³/mol.